The van der Waals surface area contributed by atoms with Crippen LogP contribution in [0.4, 0.5) is 10.1 Å². The number of hydrogen-bond acceptors (Lipinski definition) is 6. The number of hydrogen-bond donors (Lipinski definition) is 0. The average molecular weight is 418 g/mol. The molecule has 3 rings (SSSR count). The van der Waals surface area contributed by atoms with Crippen molar-refractivity contribution < 1.29 is 13.9 Å². The van der Waals surface area contributed by atoms with Crippen LogP contribution in [-0.2, 0) is 0 Å². The van der Waals surface area contributed by atoms with Gasteiger partial charge in [0.1, 0.15) is 11.7 Å². The summed E-state index contributed by atoms with van der Waals surface area (Å²) in [4.78, 5) is 13.4. The highest BCUT2D eigenvalue weighted by Gasteiger charge is 2.18. The Balaban J connectivity index is 2.10. The summed E-state index contributed by atoms with van der Waals surface area (Å²) in [6.07, 6.45) is 0.820. The smallest absolute Gasteiger partial charge is 0.254 e. The molecule has 0 N–H and O–H groups in total. The second-order valence-electron chi connectivity index (χ2n) is 6.57. The van der Waals surface area contributed by atoms with Crippen LogP contribution in [0.1, 0.15) is 18.2 Å². The van der Waals surface area contributed by atoms with Crippen LogP contribution in [0.3, 0.4) is 0 Å². The lowest BCUT2D eigenvalue weighted by molar-refractivity contribution is 0.0788. The Labute approximate surface area is 178 Å². The number of rotatable bonds is 6. The normalized spacial score (nSPS) is 11.3. The zero-order valence-corrected chi connectivity index (χ0v) is 17.2. The van der Waals surface area contributed by atoms with Gasteiger partial charge in [-0.05, 0) is 56.7 Å². The van der Waals surface area contributed by atoms with E-state index in [-0.39, 0.29) is 22.8 Å². The van der Waals surface area contributed by atoms with E-state index >= 15 is 0 Å². The molecule has 0 aliphatic heterocycles. The molecule has 0 radical (unpaired) electrons. The lowest BCUT2D eigenvalue weighted by Gasteiger charge is -2.22. The fourth-order valence-corrected chi connectivity index (χ4v) is 2.48. The summed E-state index contributed by atoms with van der Waals surface area (Å²) in [6, 6.07) is 9.44. The highest BCUT2D eigenvalue weighted by molar-refractivity contribution is 5.82. The molecule has 0 aliphatic carbocycles. The van der Waals surface area contributed by atoms with E-state index in [1.807, 2.05) is 14.1 Å². The molecule has 1 aromatic heterocycles. The lowest BCUT2D eigenvalue weighted by atomic mass is 10.2. The fraction of sp³-hybridized carbons (Fsp3) is 0.182. The number of halogens is 1. The van der Waals surface area contributed by atoms with Gasteiger partial charge in [-0.1, -0.05) is 29.7 Å². The van der Waals surface area contributed by atoms with E-state index in [2.05, 4.69) is 38.4 Å². The summed E-state index contributed by atoms with van der Waals surface area (Å²) in [5.74, 6) is 5.40. The van der Waals surface area contributed by atoms with Crippen LogP contribution in [0.5, 0.6) is 11.6 Å². The van der Waals surface area contributed by atoms with E-state index < -0.39 is 12.0 Å². The maximum Gasteiger partial charge on any atom is 0.254 e. The summed E-state index contributed by atoms with van der Waals surface area (Å²) >= 11 is 0. The first kappa shape index (κ1) is 21.6. The molecule has 1 heterocycles. The molecule has 9 heteroatoms. The molecule has 0 fully saturated rings. The minimum absolute atomic E-state index is 0.0156. The Bertz CT molecular complexity index is 1220. The molecule has 1 atom stereocenters. The van der Waals surface area contributed by atoms with Crippen LogP contribution >= 0.6 is 0 Å². The van der Waals surface area contributed by atoms with Gasteiger partial charge in [-0.25, -0.2) is 14.4 Å². The van der Waals surface area contributed by atoms with Crippen molar-refractivity contribution in [3.05, 3.63) is 76.8 Å². The van der Waals surface area contributed by atoms with Crippen LogP contribution in [0.2, 0.25) is 0 Å². The summed E-state index contributed by atoms with van der Waals surface area (Å²) in [6.45, 7) is 5.34. The first-order chi connectivity index (χ1) is 14.9. The Kier molecular flexibility index (Phi) is 6.67. The maximum atomic E-state index is 14.5. The van der Waals surface area contributed by atoms with E-state index in [4.69, 9.17) is 15.0 Å². The average Bonchev–Trinajstić information content (AvgIpc) is 2.75. The van der Waals surface area contributed by atoms with Crippen molar-refractivity contribution in [1.29, 1.82) is 0 Å². The first-order valence-corrected chi connectivity index (χ1v) is 9.21. The molecule has 0 aliphatic rings. The fourth-order valence-electron chi connectivity index (χ4n) is 2.48. The van der Waals surface area contributed by atoms with Gasteiger partial charge in [0.15, 0.2) is 17.3 Å². The number of fused-ring (bicyclic) bond motifs is 1. The van der Waals surface area contributed by atoms with E-state index in [9.17, 15) is 4.39 Å². The van der Waals surface area contributed by atoms with E-state index in [0.717, 1.165) is 0 Å². The lowest BCUT2D eigenvalue weighted by Crippen LogP contribution is -2.30. The Morgan fingerprint density at radius 1 is 1.19 bits per heavy atom. The quantitative estimate of drug-likeness (QED) is 0.141. The predicted octanol–water partition coefficient (Wildman–Crippen LogP) is 4.92. The standard InChI is InChI=1S/C22H19FN6O2/c1-5-30-22-19(12-8-15-6-9-16(10-7-15)27-28-24)25-20-18(26-22)13-11-17(23)21(20)31-14(2)29(3)4/h5-7,9-11,13-14H,1H2,2-4H3. The van der Waals surface area contributed by atoms with Crippen LogP contribution in [-0.4, -0.2) is 35.2 Å². The summed E-state index contributed by atoms with van der Waals surface area (Å²) in [7, 11) is 3.64. The zero-order chi connectivity index (χ0) is 22.4. The van der Waals surface area contributed by atoms with Gasteiger partial charge < -0.3 is 9.47 Å². The molecule has 8 nitrogen and oxygen atoms in total. The monoisotopic (exact) mass is 418 g/mol. The Morgan fingerprint density at radius 2 is 1.94 bits per heavy atom. The van der Waals surface area contributed by atoms with Gasteiger partial charge in [0.05, 0.1) is 11.8 Å². The van der Waals surface area contributed by atoms with Crippen molar-refractivity contribution in [1.82, 2.24) is 14.9 Å². The van der Waals surface area contributed by atoms with Crippen LogP contribution in [0.15, 0.2) is 54.4 Å². The first-order valence-electron chi connectivity index (χ1n) is 9.21. The highest BCUT2D eigenvalue weighted by atomic mass is 19.1. The molecule has 1 unspecified atom stereocenters. The maximum absolute atomic E-state index is 14.5. The third-order valence-electron chi connectivity index (χ3n) is 4.27. The second kappa shape index (κ2) is 9.59. The molecule has 2 aromatic carbocycles. The van der Waals surface area contributed by atoms with Crippen molar-refractivity contribution in [2.45, 2.75) is 13.2 Å². The zero-order valence-electron chi connectivity index (χ0n) is 17.2. The van der Waals surface area contributed by atoms with E-state index in [1.165, 1.54) is 18.4 Å². The molecule has 0 amide bonds. The molecule has 0 saturated heterocycles. The summed E-state index contributed by atoms with van der Waals surface area (Å²) in [5, 5.41) is 3.52. The van der Waals surface area contributed by atoms with Crippen LogP contribution in [0, 0.1) is 17.7 Å². The van der Waals surface area contributed by atoms with Crippen molar-refractivity contribution in [3.63, 3.8) is 0 Å². The molecule has 0 saturated carbocycles. The van der Waals surface area contributed by atoms with Gasteiger partial charge in [0.25, 0.3) is 5.88 Å². The number of nitrogens with zero attached hydrogens (tertiary/aromatic N) is 6. The minimum Gasteiger partial charge on any atom is -0.470 e. The van der Waals surface area contributed by atoms with E-state index in [1.54, 1.807) is 36.1 Å². The number of azide groups is 1. The summed E-state index contributed by atoms with van der Waals surface area (Å²) in [5.41, 5.74) is 10.4. The largest absolute Gasteiger partial charge is 0.470 e. The third-order valence-corrected chi connectivity index (χ3v) is 4.27. The molecule has 0 bridgehead atoms. The van der Waals surface area contributed by atoms with Crippen LogP contribution < -0.4 is 9.47 Å². The van der Waals surface area contributed by atoms with Crippen molar-refractivity contribution in [3.8, 4) is 23.5 Å². The third kappa shape index (κ3) is 5.08. The molecule has 0 spiro atoms. The van der Waals surface area contributed by atoms with Gasteiger partial charge in [-0.2, -0.15) is 0 Å². The number of ether oxygens (including phenoxy) is 2. The molecule has 3 aromatic rings. The van der Waals surface area contributed by atoms with Crippen molar-refractivity contribution in [2.75, 3.05) is 14.1 Å². The van der Waals surface area contributed by atoms with Gasteiger partial charge in [-0.15, -0.1) is 0 Å². The number of benzene rings is 2. The molecule has 156 valence electrons. The van der Waals surface area contributed by atoms with Gasteiger partial charge in [0, 0.05) is 16.2 Å². The van der Waals surface area contributed by atoms with Gasteiger partial charge >= 0.3 is 0 Å². The second-order valence-corrected chi connectivity index (χ2v) is 6.57. The Hall–Kier alpha value is -4.12. The predicted molar refractivity (Wildman–Crippen MR) is 115 cm³/mol. The van der Waals surface area contributed by atoms with Crippen molar-refractivity contribution in [2.24, 2.45) is 5.11 Å². The summed E-state index contributed by atoms with van der Waals surface area (Å²) < 4.78 is 25.7. The van der Waals surface area contributed by atoms with Crippen molar-refractivity contribution >= 4 is 16.7 Å². The molecular formula is C22H19FN6O2. The molecular weight excluding hydrogens is 399 g/mol. The van der Waals surface area contributed by atoms with Gasteiger partial charge in [0.2, 0.25) is 0 Å². The number of aromatic nitrogens is 2. The Morgan fingerprint density at radius 3 is 2.58 bits per heavy atom. The van der Waals surface area contributed by atoms with E-state index in [0.29, 0.717) is 16.8 Å². The molecule has 31 heavy (non-hydrogen) atoms. The minimum atomic E-state index is -0.555. The SMILES string of the molecule is C=COc1nc2ccc(F)c(OC(C)N(C)C)c2nc1C#Cc1ccc(N=[N+]=[N-])cc1. The highest BCUT2D eigenvalue weighted by Crippen LogP contribution is 2.30. The van der Waals surface area contributed by atoms with Crippen LogP contribution in [0.25, 0.3) is 21.5 Å². The topological polar surface area (TPSA) is 96.2 Å². The van der Waals surface area contributed by atoms with Gasteiger partial charge in [-0.3, -0.25) is 4.90 Å².